The molecule has 88 valence electrons. The molecular weight excluding hydrogens is 335 g/mol. The van der Waals surface area contributed by atoms with Crippen LogP contribution in [0.25, 0.3) is 0 Å². The number of fused-ring (bicyclic) bond motifs is 2. The van der Waals surface area contributed by atoms with E-state index < -0.39 is 19.5 Å². The molecule has 0 radical (unpaired) electrons. The molecule has 2 aliphatic rings. The minimum absolute atomic E-state index is 0.0612. The van der Waals surface area contributed by atoms with E-state index in [0.29, 0.717) is 0 Å². The Kier molecular flexibility index (Phi) is 2.76. The quantitative estimate of drug-likeness (QED) is 0.584. The second kappa shape index (κ2) is 3.29. The van der Waals surface area contributed by atoms with E-state index >= 15 is 0 Å². The van der Waals surface area contributed by atoms with Gasteiger partial charge in [-0.25, -0.2) is 0 Å². The van der Waals surface area contributed by atoms with Crippen LogP contribution in [-0.2, 0) is 0 Å². The summed E-state index contributed by atoms with van der Waals surface area (Å²) in [5.41, 5.74) is -1.06. The third kappa shape index (κ3) is 1.04. The number of halogens is 6. The Morgan fingerprint density at radius 1 is 1.12 bits per heavy atom. The molecule has 2 rings (SSSR count). The van der Waals surface area contributed by atoms with Crippen molar-refractivity contribution < 1.29 is 0 Å². The van der Waals surface area contributed by atoms with Crippen molar-refractivity contribution in [3.8, 4) is 6.07 Å². The SMILES string of the molecule is CC1(C#N)CC2(Cl)C(Cl)=C(Cl)C1(Cl)C2(Cl)Cl. The minimum Gasteiger partial charge on any atom is -0.198 e. The van der Waals surface area contributed by atoms with Crippen molar-refractivity contribution in [3.63, 3.8) is 0 Å². The summed E-state index contributed by atoms with van der Waals surface area (Å²) in [4.78, 5) is -2.78. The van der Waals surface area contributed by atoms with Gasteiger partial charge in [-0.15, -0.1) is 23.2 Å². The number of alkyl halides is 4. The normalized spacial score (nSPS) is 49.6. The molecule has 3 atom stereocenters. The lowest BCUT2D eigenvalue weighted by Crippen LogP contribution is -2.47. The summed E-state index contributed by atoms with van der Waals surface area (Å²) < 4.78 is -1.61. The summed E-state index contributed by atoms with van der Waals surface area (Å²) in [6, 6.07) is 2.08. The lowest BCUT2D eigenvalue weighted by atomic mass is 9.78. The largest absolute Gasteiger partial charge is 0.198 e. The van der Waals surface area contributed by atoms with Gasteiger partial charge < -0.3 is 0 Å². The number of hydrogen-bond donors (Lipinski definition) is 0. The fourth-order valence-corrected chi connectivity index (χ4v) is 5.37. The first kappa shape index (κ1) is 13.4. The first-order valence-electron chi connectivity index (χ1n) is 4.31. The molecule has 0 aromatic carbocycles. The Balaban J connectivity index is 2.81. The highest BCUT2D eigenvalue weighted by molar-refractivity contribution is 6.65. The van der Waals surface area contributed by atoms with Gasteiger partial charge in [0, 0.05) is 0 Å². The molecule has 0 saturated heterocycles. The predicted molar refractivity (Wildman–Crippen MR) is 68.7 cm³/mol. The molecule has 1 saturated carbocycles. The van der Waals surface area contributed by atoms with Gasteiger partial charge in [-0.05, 0) is 13.3 Å². The first-order chi connectivity index (χ1) is 7.08. The highest BCUT2D eigenvalue weighted by Crippen LogP contribution is 2.77. The van der Waals surface area contributed by atoms with Crippen LogP contribution in [0.5, 0.6) is 0 Å². The van der Waals surface area contributed by atoms with E-state index in [0.717, 1.165) is 0 Å². The van der Waals surface area contributed by atoms with E-state index in [1.807, 2.05) is 0 Å². The van der Waals surface area contributed by atoms with E-state index in [4.69, 9.17) is 69.6 Å². The van der Waals surface area contributed by atoms with Crippen molar-refractivity contribution in [1.29, 1.82) is 5.26 Å². The summed E-state index contributed by atoms with van der Waals surface area (Å²) >= 11 is 37.2. The molecule has 0 N–H and O–H groups in total. The standard InChI is InChI=1S/C9H5Cl6N/c1-6(3-16)2-7(12)4(10)5(11)8(6,13)9(7,14)15/h2H2,1H3. The van der Waals surface area contributed by atoms with Crippen LogP contribution in [0, 0.1) is 16.7 Å². The molecule has 0 aromatic rings. The van der Waals surface area contributed by atoms with Crippen molar-refractivity contribution in [2.75, 3.05) is 0 Å². The molecule has 0 amide bonds. The van der Waals surface area contributed by atoms with Gasteiger partial charge >= 0.3 is 0 Å². The Morgan fingerprint density at radius 2 is 1.62 bits per heavy atom. The van der Waals surface area contributed by atoms with E-state index in [1.165, 1.54) is 0 Å². The first-order valence-corrected chi connectivity index (χ1v) is 6.58. The van der Waals surface area contributed by atoms with Gasteiger partial charge in [-0.1, -0.05) is 46.4 Å². The minimum atomic E-state index is -1.61. The number of rotatable bonds is 0. The maximum Gasteiger partial charge on any atom is 0.167 e. The van der Waals surface area contributed by atoms with Crippen LogP contribution in [0.4, 0.5) is 0 Å². The van der Waals surface area contributed by atoms with Crippen LogP contribution in [-0.4, -0.2) is 14.1 Å². The van der Waals surface area contributed by atoms with E-state index in [1.54, 1.807) is 6.92 Å². The van der Waals surface area contributed by atoms with Crippen LogP contribution in [0.1, 0.15) is 13.3 Å². The van der Waals surface area contributed by atoms with Crippen LogP contribution < -0.4 is 0 Å². The molecular formula is C9H5Cl6N. The molecule has 3 unspecified atom stereocenters. The molecule has 1 nitrogen and oxygen atoms in total. The monoisotopic (exact) mass is 337 g/mol. The summed E-state index contributed by atoms with van der Waals surface area (Å²) in [6.45, 7) is 1.62. The van der Waals surface area contributed by atoms with Gasteiger partial charge in [0.1, 0.15) is 9.75 Å². The van der Waals surface area contributed by atoms with Gasteiger partial charge in [-0.2, -0.15) is 5.26 Å². The van der Waals surface area contributed by atoms with E-state index in [-0.39, 0.29) is 16.5 Å². The van der Waals surface area contributed by atoms with Gasteiger partial charge in [0.2, 0.25) is 0 Å². The topological polar surface area (TPSA) is 23.8 Å². The van der Waals surface area contributed by atoms with Crippen molar-refractivity contribution in [2.45, 2.75) is 27.4 Å². The van der Waals surface area contributed by atoms with Gasteiger partial charge in [0.15, 0.2) is 4.33 Å². The molecule has 0 aromatic heterocycles. The van der Waals surface area contributed by atoms with Crippen LogP contribution >= 0.6 is 69.6 Å². The van der Waals surface area contributed by atoms with Crippen molar-refractivity contribution in [1.82, 2.24) is 0 Å². The maximum atomic E-state index is 9.23. The van der Waals surface area contributed by atoms with Crippen molar-refractivity contribution in [3.05, 3.63) is 10.1 Å². The van der Waals surface area contributed by atoms with Crippen LogP contribution in [0.3, 0.4) is 0 Å². The van der Waals surface area contributed by atoms with Gasteiger partial charge in [0.05, 0.1) is 21.5 Å². The van der Waals surface area contributed by atoms with E-state index in [2.05, 4.69) is 6.07 Å². The molecule has 0 spiro atoms. The zero-order chi connectivity index (χ0) is 12.6. The molecule has 2 bridgehead atoms. The van der Waals surface area contributed by atoms with Crippen LogP contribution in [0.15, 0.2) is 10.1 Å². The highest BCUT2D eigenvalue weighted by Gasteiger charge is 2.82. The maximum absolute atomic E-state index is 9.23. The average Bonchev–Trinajstić information content (AvgIpc) is 2.39. The summed E-state index contributed by atoms with van der Waals surface area (Å²) in [6.07, 6.45) is 0.156. The van der Waals surface area contributed by atoms with Crippen molar-refractivity contribution in [2.24, 2.45) is 5.41 Å². The van der Waals surface area contributed by atoms with Gasteiger partial charge in [-0.3, -0.25) is 0 Å². The number of nitriles is 1. The zero-order valence-corrected chi connectivity index (χ0v) is 12.5. The fraction of sp³-hybridized carbons (Fsp3) is 0.667. The molecule has 1 fully saturated rings. The molecule has 7 heteroatoms. The second-order valence-electron chi connectivity index (χ2n) is 4.28. The predicted octanol–water partition coefficient (Wildman–Crippen LogP) is 4.75. The molecule has 2 aliphatic carbocycles. The Hall–Kier alpha value is 0.970. The fourth-order valence-electron chi connectivity index (χ4n) is 2.38. The number of allylic oxidation sites excluding steroid dienone is 2. The average molecular weight is 340 g/mol. The summed E-state index contributed by atoms with van der Waals surface area (Å²) in [5.74, 6) is 0. The third-order valence-electron chi connectivity index (χ3n) is 3.38. The molecule has 16 heavy (non-hydrogen) atoms. The lowest BCUT2D eigenvalue weighted by molar-refractivity contribution is 0.384. The summed E-state index contributed by atoms with van der Waals surface area (Å²) in [7, 11) is 0. The van der Waals surface area contributed by atoms with Gasteiger partial charge in [0.25, 0.3) is 0 Å². The molecule has 0 heterocycles. The molecule has 0 aliphatic heterocycles. The zero-order valence-electron chi connectivity index (χ0n) is 7.92. The van der Waals surface area contributed by atoms with Crippen molar-refractivity contribution >= 4 is 69.6 Å². The second-order valence-corrected chi connectivity index (χ2v) is 7.58. The highest BCUT2D eigenvalue weighted by atomic mass is 35.5. The Morgan fingerprint density at radius 3 is 1.94 bits per heavy atom. The van der Waals surface area contributed by atoms with Crippen LogP contribution in [0.2, 0.25) is 0 Å². The Labute approximate surface area is 123 Å². The summed E-state index contributed by atoms with van der Waals surface area (Å²) in [5, 5.41) is 9.42. The number of hydrogen-bond acceptors (Lipinski definition) is 1. The number of nitrogens with zero attached hydrogens (tertiary/aromatic N) is 1. The van der Waals surface area contributed by atoms with E-state index in [9.17, 15) is 5.26 Å². The smallest absolute Gasteiger partial charge is 0.167 e. The Bertz CT molecular complexity index is 451. The lowest BCUT2D eigenvalue weighted by Gasteiger charge is -2.36. The third-order valence-corrected chi connectivity index (χ3v) is 7.75.